The molecule has 0 N–H and O–H groups in total. The highest BCUT2D eigenvalue weighted by Crippen LogP contribution is 2.36. The number of nitrogens with zero attached hydrogens (tertiary/aromatic N) is 2. The Balaban J connectivity index is 1.62. The summed E-state index contributed by atoms with van der Waals surface area (Å²) in [6, 6.07) is 18.9. The molecule has 3 aromatic rings. The van der Waals surface area contributed by atoms with Crippen molar-refractivity contribution >= 4 is 22.2 Å². The van der Waals surface area contributed by atoms with Crippen molar-refractivity contribution in [2.24, 2.45) is 0 Å². The van der Waals surface area contributed by atoms with Gasteiger partial charge in [-0.25, -0.2) is 17.2 Å². The smallest absolute Gasteiger partial charge is 0.298 e. The van der Waals surface area contributed by atoms with Crippen LogP contribution in [0.2, 0.25) is 0 Å². The Labute approximate surface area is 191 Å². The maximum absolute atomic E-state index is 13.8. The van der Waals surface area contributed by atoms with Gasteiger partial charge in [-0.15, -0.1) is 0 Å². The van der Waals surface area contributed by atoms with Crippen molar-refractivity contribution in [1.82, 2.24) is 4.90 Å². The van der Waals surface area contributed by atoms with Gasteiger partial charge in [0, 0.05) is 19.2 Å². The lowest BCUT2D eigenvalue weighted by molar-refractivity contribution is -0.120. The molecule has 4 rings (SSSR count). The van der Waals surface area contributed by atoms with Crippen molar-refractivity contribution in [3.05, 3.63) is 95.6 Å². The van der Waals surface area contributed by atoms with Crippen LogP contribution in [0.5, 0.6) is 5.75 Å². The number of benzene rings is 3. The van der Waals surface area contributed by atoms with Crippen molar-refractivity contribution < 1.29 is 26.7 Å². The second kappa shape index (κ2) is 9.29. The molecule has 0 spiro atoms. The first-order chi connectivity index (χ1) is 15.8. The van der Waals surface area contributed by atoms with E-state index >= 15 is 0 Å². The zero-order valence-corrected chi connectivity index (χ0v) is 18.6. The normalized spacial score (nSPS) is 15.5. The minimum atomic E-state index is -3.78. The number of carbonyl (C=O) groups is 1. The fourth-order valence-electron chi connectivity index (χ4n) is 4.22. The van der Waals surface area contributed by atoms with Crippen LogP contribution in [-0.2, 0) is 14.8 Å². The quantitative estimate of drug-likeness (QED) is 0.468. The molecule has 9 heteroatoms. The standard InChI is InChI=1S/C24H22F2N2O4S/c1-33(30,31)28(21-12-19(25)11-20(26)13-21)22-14-27(15-22)24(17-5-3-2-4-6-17)18-7-9-23(10-8-18)32-16-29/h2-13,16,22,24H,14-15H2,1H3/t24-/m1/s1. The molecule has 0 unspecified atom stereocenters. The Morgan fingerprint density at radius 3 is 2.09 bits per heavy atom. The van der Waals surface area contributed by atoms with Crippen LogP contribution in [0.1, 0.15) is 17.2 Å². The molecule has 172 valence electrons. The van der Waals surface area contributed by atoms with Crippen LogP contribution in [0.25, 0.3) is 0 Å². The summed E-state index contributed by atoms with van der Waals surface area (Å²) in [5.41, 5.74) is 1.90. The number of sulfonamides is 1. The van der Waals surface area contributed by atoms with Crippen molar-refractivity contribution in [3.63, 3.8) is 0 Å². The van der Waals surface area contributed by atoms with Gasteiger partial charge in [-0.2, -0.15) is 0 Å². The molecule has 0 aliphatic carbocycles. The van der Waals surface area contributed by atoms with Gasteiger partial charge in [0.1, 0.15) is 17.4 Å². The maximum Gasteiger partial charge on any atom is 0.298 e. The number of carbonyl (C=O) groups excluding carboxylic acids is 1. The van der Waals surface area contributed by atoms with Crippen molar-refractivity contribution in [1.29, 1.82) is 0 Å². The Morgan fingerprint density at radius 2 is 1.55 bits per heavy atom. The van der Waals surface area contributed by atoms with E-state index in [1.54, 1.807) is 12.1 Å². The number of hydrogen-bond acceptors (Lipinski definition) is 5. The molecule has 3 aromatic carbocycles. The van der Waals surface area contributed by atoms with Crippen molar-refractivity contribution in [2.75, 3.05) is 23.7 Å². The average molecular weight is 473 g/mol. The predicted octanol–water partition coefficient (Wildman–Crippen LogP) is 3.74. The number of ether oxygens (including phenoxy) is 1. The molecule has 1 aliphatic heterocycles. The van der Waals surface area contributed by atoms with E-state index in [1.807, 2.05) is 42.5 Å². The molecule has 0 amide bonds. The van der Waals surface area contributed by atoms with Gasteiger partial charge in [0.2, 0.25) is 10.0 Å². The van der Waals surface area contributed by atoms with Gasteiger partial charge >= 0.3 is 0 Å². The highest BCUT2D eigenvalue weighted by atomic mass is 32.2. The van der Waals surface area contributed by atoms with Crippen LogP contribution in [0, 0.1) is 11.6 Å². The summed E-state index contributed by atoms with van der Waals surface area (Å²) in [5.74, 6) is -1.26. The Hall–Kier alpha value is -3.30. The first kappa shape index (κ1) is 22.9. The van der Waals surface area contributed by atoms with Gasteiger partial charge in [0.15, 0.2) is 0 Å². The van der Waals surface area contributed by atoms with Crippen LogP contribution in [-0.4, -0.2) is 45.2 Å². The Bertz CT molecular complexity index is 1210. The summed E-state index contributed by atoms with van der Waals surface area (Å²) in [6.45, 7) is 1.08. The number of hydrogen-bond donors (Lipinski definition) is 0. The lowest BCUT2D eigenvalue weighted by Gasteiger charge is -2.48. The van der Waals surface area contributed by atoms with Crippen LogP contribution >= 0.6 is 0 Å². The number of anilines is 1. The lowest BCUT2D eigenvalue weighted by atomic mass is 9.93. The van der Waals surface area contributed by atoms with Gasteiger partial charge < -0.3 is 4.74 Å². The molecule has 0 radical (unpaired) electrons. The highest BCUT2D eigenvalue weighted by molar-refractivity contribution is 7.92. The summed E-state index contributed by atoms with van der Waals surface area (Å²) in [7, 11) is -3.78. The average Bonchev–Trinajstić information content (AvgIpc) is 2.72. The SMILES string of the molecule is CS(=O)(=O)N(c1cc(F)cc(F)c1)C1CN([C@H](c2ccccc2)c2ccc(OC=O)cc2)C1. The van der Waals surface area contributed by atoms with Crippen LogP contribution in [0.4, 0.5) is 14.5 Å². The van der Waals surface area contributed by atoms with Gasteiger partial charge in [-0.1, -0.05) is 42.5 Å². The van der Waals surface area contributed by atoms with Gasteiger partial charge in [0.05, 0.1) is 24.0 Å². The molecule has 1 atom stereocenters. The Kier molecular flexibility index (Phi) is 6.44. The molecule has 6 nitrogen and oxygen atoms in total. The summed E-state index contributed by atoms with van der Waals surface area (Å²) in [6.07, 6.45) is 1.03. The second-order valence-electron chi connectivity index (χ2n) is 7.89. The molecule has 1 saturated heterocycles. The van der Waals surface area contributed by atoms with Gasteiger partial charge in [-0.3, -0.25) is 14.0 Å². The summed E-state index contributed by atoms with van der Waals surface area (Å²) < 4.78 is 58.6. The first-order valence-corrected chi connectivity index (χ1v) is 12.1. The lowest BCUT2D eigenvalue weighted by Crippen LogP contribution is -2.61. The fourth-order valence-corrected chi connectivity index (χ4v) is 5.38. The van der Waals surface area contributed by atoms with Crippen LogP contribution in [0.15, 0.2) is 72.8 Å². The largest absolute Gasteiger partial charge is 0.429 e. The van der Waals surface area contributed by atoms with E-state index in [4.69, 9.17) is 4.74 Å². The van der Waals surface area contributed by atoms with Crippen LogP contribution in [0.3, 0.4) is 0 Å². The zero-order valence-electron chi connectivity index (χ0n) is 17.8. The molecule has 0 saturated carbocycles. The topological polar surface area (TPSA) is 66.9 Å². The molecule has 1 fully saturated rings. The molecular weight excluding hydrogens is 450 g/mol. The highest BCUT2D eigenvalue weighted by Gasteiger charge is 2.40. The third-order valence-electron chi connectivity index (χ3n) is 5.54. The van der Waals surface area contributed by atoms with E-state index < -0.39 is 27.7 Å². The summed E-state index contributed by atoms with van der Waals surface area (Å²) in [5, 5.41) is 0. The minimum Gasteiger partial charge on any atom is -0.429 e. The fraction of sp³-hybridized carbons (Fsp3) is 0.208. The number of rotatable bonds is 8. The Morgan fingerprint density at radius 1 is 0.970 bits per heavy atom. The summed E-state index contributed by atoms with van der Waals surface area (Å²) >= 11 is 0. The molecular formula is C24H22F2N2O4S. The minimum absolute atomic E-state index is 0.0359. The van der Waals surface area contributed by atoms with E-state index in [0.29, 0.717) is 31.4 Å². The van der Waals surface area contributed by atoms with Gasteiger partial charge in [-0.05, 0) is 35.4 Å². The van der Waals surface area contributed by atoms with Gasteiger partial charge in [0.25, 0.3) is 6.47 Å². The maximum atomic E-state index is 13.8. The molecule has 0 bridgehead atoms. The van der Waals surface area contributed by atoms with Crippen molar-refractivity contribution in [2.45, 2.75) is 12.1 Å². The van der Waals surface area contributed by atoms with E-state index in [9.17, 15) is 22.0 Å². The molecule has 33 heavy (non-hydrogen) atoms. The van der Waals surface area contributed by atoms with E-state index in [1.165, 1.54) is 0 Å². The number of likely N-dealkylation sites (tertiary alicyclic amines) is 1. The first-order valence-electron chi connectivity index (χ1n) is 10.2. The second-order valence-corrected chi connectivity index (χ2v) is 9.75. The molecule has 0 aromatic heterocycles. The molecule has 1 heterocycles. The van der Waals surface area contributed by atoms with Crippen molar-refractivity contribution in [3.8, 4) is 5.75 Å². The molecule has 1 aliphatic rings. The van der Waals surface area contributed by atoms with E-state index in [-0.39, 0.29) is 11.7 Å². The third kappa shape index (κ3) is 5.04. The predicted molar refractivity (Wildman–Crippen MR) is 120 cm³/mol. The number of halogens is 2. The van der Waals surface area contributed by atoms with E-state index in [2.05, 4.69) is 4.90 Å². The zero-order chi connectivity index (χ0) is 23.6. The monoisotopic (exact) mass is 472 g/mol. The summed E-state index contributed by atoms with van der Waals surface area (Å²) in [4.78, 5) is 12.7. The van der Waals surface area contributed by atoms with Crippen LogP contribution < -0.4 is 9.04 Å². The van der Waals surface area contributed by atoms with E-state index in [0.717, 1.165) is 33.8 Å². The third-order valence-corrected chi connectivity index (χ3v) is 6.77.